The molecule has 2 aromatic rings. The van der Waals surface area contributed by atoms with Crippen molar-refractivity contribution >= 4 is 11.3 Å². The van der Waals surface area contributed by atoms with Crippen LogP contribution in [0.2, 0.25) is 0 Å². The van der Waals surface area contributed by atoms with Gasteiger partial charge < -0.3 is 4.57 Å². The Labute approximate surface area is 100.0 Å². The van der Waals surface area contributed by atoms with Gasteiger partial charge in [-0.15, -0.1) is 11.3 Å². The first kappa shape index (κ1) is 10.1. The molecule has 0 spiro atoms. The molecule has 1 atom stereocenters. The van der Waals surface area contributed by atoms with Crippen molar-refractivity contribution < 1.29 is 0 Å². The predicted octanol–water partition coefficient (Wildman–Crippen LogP) is 3.12. The van der Waals surface area contributed by atoms with Crippen LogP contribution in [0.5, 0.6) is 0 Å². The van der Waals surface area contributed by atoms with Crippen molar-refractivity contribution in [3.05, 3.63) is 40.1 Å². The number of imidazole rings is 1. The van der Waals surface area contributed by atoms with Crippen LogP contribution in [0.15, 0.2) is 23.7 Å². The van der Waals surface area contributed by atoms with Gasteiger partial charge in [-0.25, -0.2) is 4.98 Å². The van der Waals surface area contributed by atoms with Gasteiger partial charge in [0.1, 0.15) is 5.82 Å². The summed E-state index contributed by atoms with van der Waals surface area (Å²) >= 11 is 1.82. The molecule has 0 aromatic carbocycles. The lowest BCUT2D eigenvalue weighted by atomic mass is 10.0. The first-order valence-corrected chi connectivity index (χ1v) is 6.76. The molecule has 0 bridgehead atoms. The highest BCUT2D eigenvalue weighted by Crippen LogP contribution is 2.23. The summed E-state index contributed by atoms with van der Waals surface area (Å²) in [7, 11) is 0. The fourth-order valence-electron chi connectivity index (χ4n) is 2.38. The van der Waals surface area contributed by atoms with E-state index in [0.717, 1.165) is 18.9 Å². The zero-order valence-corrected chi connectivity index (χ0v) is 10.3. The van der Waals surface area contributed by atoms with E-state index in [1.807, 2.05) is 11.3 Å². The Morgan fingerprint density at radius 3 is 3.31 bits per heavy atom. The summed E-state index contributed by atoms with van der Waals surface area (Å²) in [5, 5.41) is 2.14. The number of aromatic nitrogens is 2. The van der Waals surface area contributed by atoms with Gasteiger partial charge in [0.05, 0.1) is 0 Å². The number of thiophene rings is 1. The van der Waals surface area contributed by atoms with Crippen molar-refractivity contribution in [3.8, 4) is 0 Å². The van der Waals surface area contributed by atoms with Gasteiger partial charge in [0.2, 0.25) is 0 Å². The molecule has 3 heterocycles. The average molecular weight is 232 g/mol. The maximum absolute atomic E-state index is 4.58. The second kappa shape index (κ2) is 4.06. The predicted molar refractivity (Wildman–Crippen MR) is 66.8 cm³/mol. The Bertz CT molecular complexity index is 470. The van der Waals surface area contributed by atoms with Crippen molar-refractivity contribution in [2.45, 2.75) is 32.7 Å². The molecule has 84 valence electrons. The quantitative estimate of drug-likeness (QED) is 0.778. The summed E-state index contributed by atoms with van der Waals surface area (Å²) in [6.07, 6.45) is 5.56. The lowest BCUT2D eigenvalue weighted by Gasteiger charge is -2.22. The zero-order chi connectivity index (χ0) is 11.0. The molecule has 3 heteroatoms. The minimum Gasteiger partial charge on any atom is -0.331 e. The Morgan fingerprint density at radius 1 is 1.56 bits per heavy atom. The number of fused-ring (bicyclic) bond motifs is 1. The third-order valence-corrected chi connectivity index (χ3v) is 4.20. The molecule has 1 unspecified atom stereocenters. The molecule has 1 aliphatic heterocycles. The summed E-state index contributed by atoms with van der Waals surface area (Å²) in [6.45, 7) is 3.48. The van der Waals surface area contributed by atoms with Crippen LogP contribution in [-0.4, -0.2) is 9.55 Å². The Kier molecular flexibility index (Phi) is 2.56. The standard InChI is InChI=1S/C13H16N2S/c1-10-4-5-11-8-14-13(15(11)9-10)7-12-3-2-6-16-12/h2-3,6,8,10H,4-5,7,9H2,1H3. The largest absolute Gasteiger partial charge is 0.331 e. The first-order chi connectivity index (χ1) is 7.83. The van der Waals surface area contributed by atoms with Gasteiger partial charge in [0.25, 0.3) is 0 Å². The third kappa shape index (κ3) is 1.80. The van der Waals surface area contributed by atoms with Crippen molar-refractivity contribution in [2.75, 3.05) is 0 Å². The van der Waals surface area contributed by atoms with E-state index in [1.165, 1.54) is 29.2 Å². The summed E-state index contributed by atoms with van der Waals surface area (Å²) in [5.74, 6) is 2.03. The molecule has 0 aliphatic carbocycles. The monoisotopic (exact) mass is 232 g/mol. The van der Waals surface area contributed by atoms with Gasteiger partial charge in [0, 0.05) is 29.7 Å². The molecule has 0 radical (unpaired) electrons. The van der Waals surface area contributed by atoms with Crippen molar-refractivity contribution in [2.24, 2.45) is 5.92 Å². The van der Waals surface area contributed by atoms with Crippen LogP contribution in [-0.2, 0) is 19.4 Å². The molecule has 3 rings (SSSR count). The van der Waals surface area contributed by atoms with Crippen molar-refractivity contribution in [1.82, 2.24) is 9.55 Å². The van der Waals surface area contributed by atoms with Crippen LogP contribution in [0, 0.1) is 5.92 Å². The molecule has 0 fully saturated rings. The summed E-state index contributed by atoms with van der Waals surface area (Å²) in [4.78, 5) is 5.99. The topological polar surface area (TPSA) is 17.8 Å². The van der Waals surface area contributed by atoms with Crippen molar-refractivity contribution in [1.29, 1.82) is 0 Å². The smallest absolute Gasteiger partial charge is 0.114 e. The summed E-state index contributed by atoms with van der Waals surface area (Å²) in [6, 6.07) is 4.31. The molecule has 0 amide bonds. The van der Waals surface area contributed by atoms with Crippen LogP contribution >= 0.6 is 11.3 Å². The number of hydrogen-bond donors (Lipinski definition) is 0. The van der Waals surface area contributed by atoms with E-state index in [2.05, 4.69) is 40.2 Å². The first-order valence-electron chi connectivity index (χ1n) is 5.88. The minimum absolute atomic E-state index is 0.795. The van der Waals surface area contributed by atoms with E-state index >= 15 is 0 Å². The third-order valence-electron chi connectivity index (χ3n) is 3.32. The molecular weight excluding hydrogens is 216 g/mol. The highest BCUT2D eigenvalue weighted by Gasteiger charge is 2.18. The van der Waals surface area contributed by atoms with E-state index in [1.54, 1.807) is 0 Å². The fourth-order valence-corrected chi connectivity index (χ4v) is 3.09. The van der Waals surface area contributed by atoms with E-state index in [-0.39, 0.29) is 0 Å². The highest BCUT2D eigenvalue weighted by atomic mass is 32.1. The van der Waals surface area contributed by atoms with Gasteiger partial charge in [-0.05, 0) is 30.2 Å². The molecule has 0 N–H and O–H groups in total. The van der Waals surface area contributed by atoms with Crippen LogP contribution in [0.1, 0.15) is 29.7 Å². The Hall–Kier alpha value is -1.09. The Morgan fingerprint density at radius 2 is 2.50 bits per heavy atom. The SMILES string of the molecule is CC1CCc2cnc(Cc3cccs3)n2C1. The minimum atomic E-state index is 0.795. The van der Waals surface area contributed by atoms with E-state index in [0.29, 0.717) is 0 Å². The molecule has 2 nitrogen and oxygen atoms in total. The molecular formula is C13H16N2S. The molecule has 16 heavy (non-hydrogen) atoms. The van der Waals surface area contributed by atoms with Gasteiger partial charge >= 0.3 is 0 Å². The summed E-state index contributed by atoms with van der Waals surface area (Å²) < 4.78 is 2.42. The van der Waals surface area contributed by atoms with Crippen molar-refractivity contribution in [3.63, 3.8) is 0 Å². The molecule has 1 aliphatic rings. The number of hydrogen-bond acceptors (Lipinski definition) is 2. The van der Waals surface area contributed by atoms with Crippen LogP contribution < -0.4 is 0 Å². The maximum Gasteiger partial charge on any atom is 0.114 e. The Balaban J connectivity index is 1.88. The van der Waals surface area contributed by atoms with E-state index < -0.39 is 0 Å². The number of aryl methyl sites for hydroxylation is 1. The van der Waals surface area contributed by atoms with Gasteiger partial charge in [-0.2, -0.15) is 0 Å². The lowest BCUT2D eigenvalue weighted by Crippen LogP contribution is -2.19. The second-order valence-electron chi connectivity index (χ2n) is 4.68. The average Bonchev–Trinajstić information content (AvgIpc) is 2.90. The normalized spacial score (nSPS) is 19.7. The molecule has 0 saturated carbocycles. The molecule has 0 saturated heterocycles. The van der Waals surface area contributed by atoms with Gasteiger partial charge in [-0.1, -0.05) is 13.0 Å². The second-order valence-corrected chi connectivity index (χ2v) is 5.71. The van der Waals surface area contributed by atoms with Gasteiger partial charge in [-0.3, -0.25) is 0 Å². The summed E-state index contributed by atoms with van der Waals surface area (Å²) in [5.41, 5.74) is 1.42. The number of rotatable bonds is 2. The molecule has 2 aromatic heterocycles. The lowest BCUT2D eigenvalue weighted by molar-refractivity contribution is 0.392. The van der Waals surface area contributed by atoms with E-state index in [9.17, 15) is 0 Å². The van der Waals surface area contributed by atoms with Crippen LogP contribution in [0.3, 0.4) is 0 Å². The van der Waals surface area contributed by atoms with E-state index in [4.69, 9.17) is 0 Å². The fraction of sp³-hybridized carbons (Fsp3) is 0.462. The number of nitrogens with zero attached hydrogens (tertiary/aromatic N) is 2. The zero-order valence-electron chi connectivity index (χ0n) is 9.52. The maximum atomic E-state index is 4.58. The van der Waals surface area contributed by atoms with Gasteiger partial charge in [0.15, 0.2) is 0 Å². The van der Waals surface area contributed by atoms with Crippen LogP contribution in [0.4, 0.5) is 0 Å². The van der Waals surface area contributed by atoms with Crippen LogP contribution in [0.25, 0.3) is 0 Å². The highest BCUT2D eigenvalue weighted by molar-refractivity contribution is 7.09.